The van der Waals surface area contributed by atoms with Gasteiger partial charge in [-0.1, -0.05) is 195 Å². The van der Waals surface area contributed by atoms with Gasteiger partial charge in [-0.25, -0.2) is 0 Å². The number of para-hydroxylation sites is 1. The van der Waals surface area contributed by atoms with Crippen molar-refractivity contribution in [3.63, 3.8) is 0 Å². The highest BCUT2D eigenvalue weighted by atomic mass is 15.1. The van der Waals surface area contributed by atoms with Crippen molar-refractivity contribution in [2.75, 3.05) is 4.90 Å². The van der Waals surface area contributed by atoms with E-state index < -0.39 is 0 Å². The standard InChI is InChI=1S/C42H35N.C15H12/c1-31-29-33(16-12-15-32-13-4-2-5-14-32)23-28-38(31)34-24-26-37(27-25-34)43(36-18-6-3-7-19-36)42-30-35-17-8-9-20-39(35)40-21-10-11-22-41(40)42;1-11-10-12-6-2-3-8-14(12)15-9-5-4-7-13(11)15/h2-14,16-28,30-31H,15,29H2,1H3;2-10H,1H3/b16-12+;. The summed E-state index contributed by atoms with van der Waals surface area (Å²) in [5, 5.41) is 10.4. The molecule has 280 valence electrons. The molecule has 58 heavy (non-hydrogen) atoms. The van der Waals surface area contributed by atoms with Crippen LogP contribution in [0.3, 0.4) is 0 Å². The molecule has 0 spiro atoms. The number of rotatable bonds is 7. The van der Waals surface area contributed by atoms with E-state index in [1.54, 1.807) is 0 Å². The third kappa shape index (κ3) is 7.60. The van der Waals surface area contributed by atoms with Crippen molar-refractivity contribution in [3.8, 4) is 0 Å². The molecular weight excluding hydrogens is 699 g/mol. The van der Waals surface area contributed by atoms with Crippen molar-refractivity contribution in [3.05, 3.63) is 241 Å². The number of nitrogens with zero attached hydrogens (tertiary/aromatic N) is 1. The second-order valence-electron chi connectivity index (χ2n) is 15.4. The zero-order valence-corrected chi connectivity index (χ0v) is 33.2. The number of hydrogen-bond acceptors (Lipinski definition) is 1. The third-order valence-electron chi connectivity index (χ3n) is 11.5. The van der Waals surface area contributed by atoms with Gasteiger partial charge >= 0.3 is 0 Å². The molecule has 1 heteroatoms. The van der Waals surface area contributed by atoms with Crippen LogP contribution < -0.4 is 4.90 Å². The fourth-order valence-corrected chi connectivity index (χ4v) is 8.63. The van der Waals surface area contributed by atoms with Crippen LogP contribution in [-0.2, 0) is 6.42 Å². The number of fused-ring (bicyclic) bond motifs is 6. The van der Waals surface area contributed by atoms with E-state index in [0.29, 0.717) is 5.92 Å². The van der Waals surface area contributed by atoms with Crippen LogP contribution in [0.4, 0.5) is 17.1 Å². The Bertz CT molecular complexity index is 2950. The summed E-state index contributed by atoms with van der Waals surface area (Å²) in [5.74, 6) is 0.460. The van der Waals surface area contributed by atoms with E-state index in [-0.39, 0.29) is 0 Å². The molecule has 0 fully saturated rings. The normalized spacial score (nSPS) is 14.0. The maximum absolute atomic E-state index is 2.40. The fourth-order valence-electron chi connectivity index (χ4n) is 8.63. The van der Waals surface area contributed by atoms with Gasteiger partial charge in [0, 0.05) is 16.8 Å². The third-order valence-corrected chi connectivity index (χ3v) is 11.5. The molecule has 0 radical (unpaired) electrons. The monoisotopic (exact) mass is 745 g/mol. The van der Waals surface area contributed by atoms with Crippen LogP contribution in [0.5, 0.6) is 0 Å². The van der Waals surface area contributed by atoms with E-state index >= 15 is 0 Å². The highest BCUT2D eigenvalue weighted by Crippen LogP contribution is 2.42. The van der Waals surface area contributed by atoms with Crippen LogP contribution in [0.25, 0.3) is 48.7 Å². The second-order valence-corrected chi connectivity index (χ2v) is 15.4. The Balaban J connectivity index is 0.000000242. The summed E-state index contributed by atoms with van der Waals surface area (Å²) >= 11 is 0. The van der Waals surface area contributed by atoms with Crippen molar-refractivity contribution in [1.82, 2.24) is 0 Å². The smallest absolute Gasteiger partial charge is 0.0546 e. The Morgan fingerprint density at radius 3 is 1.67 bits per heavy atom. The van der Waals surface area contributed by atoms with Crippen molar-refractivity contribution >= 4 is 65.7 Å². The summed E-state index contributed by atoms with van der Waals surface area (Å²) in [6.45, 7) is 4.52. The van der Waals surface area contributed by atoms with Gasteiger partial charge in [0.05, 0.1) is 5.69 Å². The number of allylic oxidation sites excluding steroid dienone is 6. The average Bonchev–Trinajstić information content (AvgIpc) is 3.28. The highest BCUT2D eigenvalue weighted by Gasteiger charge is 2.19. The maximum atomic E-state index is 2.40. The Labute approximate surface area is 342 Å². The first-order valence-corrected chi connectivity index (χ1v) is 20.4. The number of anilines is 3. The van der Waals surface area contributed by atoms with E-state index in [2.05, 4.69) is 237 Å². The molecule has 1 aliphatic rings. The number of hydrogen-bond donors (Lipinski definition) is 0. The molecule has 0 aromatic heterocycles. The highest BCUT2D eigenvalue weighted by molar-refractivity contribution is 6.14. The van der Waals surface area contributed by atoms with Crippen molar-refractivity contribution in [2.24, 2.45) is 5.92 Å². The van der Waals surface area contributed by atoms with Crippen LogP contribution in [0.15, 0.2) is 224 Å². The van der Waals surface area contributed by atoms with E-state index in [4.69, 9.17) is 0 Å². The molecule has 0 saturated carbocycles. The van der Waals surface area contributed by atoms with E-state index in [9.17, 15) is 0 Å². The molecule has 1 unspecified atom stereocenters. The van der Waals surface area contributed by atoms with Gasteiger partial charge < -0.3 is 4.90 Å². The summed E-state index contributed by atoms with van der Waals surface area (Å²) in [4.78, 5) is 2.40. The zero-order valence-electron chi connectivity index (χ0n) is 33.2. The SMILES string of the molecule is CC1CC(/C=C/Cc2ccccc2)=CC=C1c1ccc(N(c2ccccc2)c2cc3ccccc3c3ccccc23)cc1.Cc1cc2ccccc2c2ccccc12. The lowest BCUT2D eigenvalue weighted by molar-refractivity contribution is 0.738. The molecule has 9 aromatic carbocycles. The number of benzene rings is 9. The van der Waals surface area contributed by atoms with Gasteiger partial charge in [-0.15, -0.1) is 0 Å². The van der Waals surface area contributed by atoms with Gasteiger partial charge in [0.1, 0.15) is 0 Å². The largest absolute Gasteiger partial charge is 0.310 e. The molecule has 0 N–H and O–H groups in total. The lowest BCUT2D eigenvalue weighted by atomic mass is 9.84. The average molecular weight is 746 g/mol. The molecule has 1 atom stereocenters. The molecule has 0 aliphatic heterocycles. The summed E-state index contributed by atoms with van der Waals surface area (Å²) < 4.78 is 0. The summed E-state index contributed by atoms with van der Waals surface area (Å²) in [6.07, 6.45) is 11.2. The molecular formula is C57H47N. The lowest BCUT2D eigenvalue weighted by Crippen LogP contribution is -2.11. The Hall–Kier alpha value is -6.96. The van der Waals surface area contributed by atoms with Gasteiger partial charge in [0.25, 0.3) is 0 Å². The first kappa shape index (κ1) is 36.7. The predicted octanol–water partition coefficient (Wildman–Crippen LogP) is 15.9. The van der Waals surface area contributed by atoms with Crippen LogP contribution in [0, 0.1) is 12.8 Å². The topological polar surface area (TPSA) is 3.24 Å². The molecule has 9 aromatic rings. The van der Waals surface area contributed by atoms with Crippen molar-refractivity contribution < 1.29 is 0 Å². The molecule has 10 rings (SSSR count). The lowest BCUT2D eigenvalue weighted by Gasteiger charge is -2.28. The van der Waals surface area contributed by atoms with Crippen LogP contribution in [0.1, 0.15) is 30.0 Å². The van der Waals surface area contributed by atoms with Gasteiger partial charge in [0.15, 0.2) is 0 Å². The maximum Gasteiger partial charge on any atom is 0.0546 e. The molecule has 1 nitrogen and oxygen atoms in total. The summed E-state index contributed by atoms with van der Waals surface area (Å²) in [5.41, 5.74) is 10.3. The van der Waals surface area contributed by atoms with Crippen molar-refractivity contribution in [2.45, 2.75) is 26.7 Å². The predicted molar refractivity (Wildman–Crippen MR) is 251 cm³/mol. The number of aryl methyl sites for hydroxylation is 1. The Kier molecular flexibility index (Phi) is 10.5. The van der Waals surface area contributed by atoms with E-state index in [0.717, 1.165) is 24.2 Å². The fraction of sp³-hybridized carbons (Fsp3) is 0.0877. The zero-order chi connectivity index (χ0) is 39.3. The molecule has 0 saturated heterocycles. The molecule has 0 heterocycles. The van der Waals surface area contributed by atoms with Crippen LogP contribution in [-0.4, -0.2) is 0 Å². The second kappa shape index (κ2) is 16.6. The van der Waals surface area contributed by atoms with Gasteiger partial charge in [-0.3, -0.25) is 0 Å². The van der Waals surface area contributed by atoms with Crippen LogP contribution >= 0.6 is 0 Å². The first-order chi connectivity index (χ1) is 28.6. The molecule has 0 bridgehead atoms. The quantitative estimate of drug-likeness (QED) is 0.147. The van der Waals surface area contributed by atoms with Crippen molar-refractivity contribution in [1.29, 1.82) is 0 Å². The van der Waals surface area contributed by atoms with Gasteiger partial charge in [-0.2, -0.15) is 0 Å². The van der Waals surface area contributed by atoms with Gasteiger partial charge in [0.2, 0.25) is 0 Å². The Morgan fingerprint density at radius 2 is 1.02 bits per heavy atom. The minimum Gasteiger partial charge on any atom is -0.310 e. The molecule has 0 amide bonds. The van der Waals surface area contributed by atoms with E-state index in [1.165, 1.54) is 76.6 Å². The van der Waals surface area contributed by atoms with E-state index in [1.807, 2.05) is 0 Å². The summed E-state index contributed by atoms with van der Waals surface area (Å²) in [7, 11) is 0. The minimum atomic E-state index is 0.460. The summed E-state index contributed by atoms with van der Waals surface area (Å²) in [6, 6.07) is 69.7. The van der Waals surface area contributed by atoms with Crippen LogP contribution in [0.2, 0.25) is 0 Å². The van der Waals surface area contributed by atoms with Gasteiger partial charge in [-0.05, 0) is 122 Å². The minimum absolute atomic E-state index is 0.460. The molecule has 1 aliphatic carbocycles. The first-order valence-electron chi connectivity index (χ1n) is 20.4. The Morgan fingerprint density at radius 1 is 0.500 bits per heavy atom.